The topological polar surface area (TPSA) is 42.7 Å². The minimum Gasteiger partial charge on any atom is -0.367 e. The molecule has 0 spiro atoms. The summed E-state index contributed by atoms with van der Waals surface area (Å²) in [5.74, 6) is 0. The summed E-state index contributed by atoms with van der Waals surface area (Å²) in [6.45, 7) is 7.29. The Morgan fingerprint density at radius 2 is 1.68 bits per heavy atom. The molecule has 6 heteroatoms. The summed E-state index contributed by atoms with van der Waals surface area (Å²) in [4.78, 5) is 2.51. The van der Waals surface area contributed by atoms with Crippen molar-refractivity contribution in [2.24, 2.45) is 0 Å². The Hall–Kier alpha value is -3.24. The van der Waals surface area contributed by atoms with Crippen molar-refractivity contribution >= 4 is 36.3 Å². The van der Waals surface area contributed by atoms with Gasteiger partial charge in [-0.15, -0.1) is 0 Å². The summed E-state index contributed by atoms with van der Waals surface area (Å²) in [5, 5.41) is 1.20. The van der Waals surface area contributed by atoms with Gasteiger partial charge < -0.3 is 21.4 Å². The zero-order valence-electron chi connectivity index (χ0n) is 24.7. The quantitative estimate of drug-likeness (QED) is 0.0975. The van der Waals surface area contributed by atoms with Gasteiger partial charge in [-0.25, -0.2) is 0 Å². The van der Waals surface area contributed by atoms with Crippen molar-refractivity contribution in [3.05, 3.63) is 115 Å². The van der Waals surface area contributed by atoms with Gasteiger partial charge in [0.05, 0.1) is 24.8 Å². The number of fused-ring (bicyclic) bond motifs is 2. The smallest absolute Gasteiger partial charge is 0.330 e. The van der Waals surface area contributed by atoms with Crippen LogP contribution in [0.5, 0.6) is 0 Å². The number of aromatic nitrogens is 1. The van der Waals surface area contributed by atoms with Gasteiger partial charge in [-0.05, 0) is 67.1 Å². The van der Waals surface area contributed by atoms with Crippen LogP contribution in [0.1, 0.15) is 48.9 Å². The number of pyridine rings is 1. The van der Waals surface area contributed by atoms with Gasteiger partial charge in [-0.1, -0.05) is 60.7 Å². The van der Waals surface area contributed by atoms with E-state index in [0.717, 1.165) is 38.0 Å². The molecule has 0 aliphatic carbocycles. The van der Waals surface area contributed by atoms with Crippen molar-refractivity contribution in [1.29, 1.82) is 0 Å². The van der Waals surface area contributed by atoms with Gasteiger partial charge in [0.1, 0.15) is 6.54 Å². The Labute approximate surface area is 246 Å². The fourth-order valence-electron chi connectivity index (χ4n) is 5.60. The second-order valence-corrected chi connectivity index (χ2v) is 12.4. The van der Waals surface area contributed by atoms with E-state index in [2.05, 4.69) is 107 Å². The number of para-hydroxylation sites is 1. The fourth-order valence-corrected chi connectivity index (χ4v) is 7.24. The van der Waals surface area contributed by atoms with Crippen LogP contribution in [0.15, 0.2) is 85.1 Å². The number of anilines is 1. The van der Waals surface area contributed by atoms with Crippen molar-refractivity contribution in [2.75, 3.05) is 30.8 Å². The molecule has 0 amide bonds. The molecule has 41 heavy (non-hydrogen) atoms. The van der Waals surface area contributed by atoms with E-state index in [1.165, 1.54) is 39.7 Å². The molecule has 0 saturated heterocycles. The molecule has 5 nitrogen and oxygen atoms in total. The van der Waals surface area contributed by atoms with E-state index in [1.54, 1.807) is 0 Å². The predicted octanol–water partition coefficient (Wildman–Crippen LogP) is 8.36. The van der Waals surface area contributed by atoms with E-state index in [4.69, 9.17) is 9.05 Å². The molecule has 0 bridgehead atoms. The molecule has 0 N–H and O–H groups in total. The minimum absolute atomic E-state index is 0. The molecule has 0 saturated carbocycles. The van der Waals surface area contributed by atoms with Crippen LogP contribution in [-0.2, 0) is 33.1 Å². The van der Waals surface area contributed by atoms with E-state index in [0.29, 0.717) is 19.4 Å². The van der Waals surface area contributed by atoms with Crippen LogP contribution >= 0.6 is 7.60 Å². The summed E-state index contributed by atoms with van der Waals surface area (Å²) in [5.41, 5.74) is 7.71. The average molecular weight is 571 g/mol. The highest BCUT2D eigenvalue weighted by atomic mass is 31.2. The lowest BCUT2D eigenvalue weighted by atomic mass is 9.98. The third-order valence-electron chi connectivity index (χ3n) is 7.43. The monoisotopic (exact) mass is 570 g/mol. The van der Waals surface area contributed by atoms with Gasteiger partial charge in [0.25, 0.3) is 0 Å². The summed E-state index contributed by atoms with van der Waals surface area (Å²) in [6, 6.07) is 28.3. The lowest BCUT2D eigenvalue weighted by molar-refractivity contribution is -0.671. The molecule has 0 fully saturated rings. The highest BCUT2D eigenvalue weighted by Crippen LogP contribution is 2.48. The van der Waals surface area contributed by atoms with Gasteiger partial charge in [-0.2, -0.15) is 4.57 Å². The van der Waals surface area contributed by atoms with Crippen LogP contribution in [0.25, 0.3) is 23.1 Å². The molecule has 5 rings (SSSR count). The van der Waals surface area contributed by atoms with E-state index >= 15 is 0 Å². The van der Waals surface area contributed by atoms with Gasteiger partial charge in [0.15, 0.2) is 6.20 Å². The third-order valence-corrected chi connectivity index (χ3v) is 9.60. The highest BCUT2D eigenvalue weighted by molar-refractivity contribution is 7.53. The van der Waals surface area contributed by atoms with Crippen molar-refractivity contribution in [3.8, 4) is 0 Å². The van der Waals surface area contributed by atoms with E-state index in [-0.39, 0.29) is 7.43 Å². The van der Waals surface area contributed by atoms with Crippen LogP contribution < -0.4 is 9.47 Å². The normalized spacial score (nSPS) is 13.4. The summed E-state index contributed by atoms with van der Waals surface area (Å²) >= 11 is 0. The number of nitrogens with zero attached hydrogens (tertiary/aromatic N) is 2. The first-order valence-corrected chi connectivity index (χ1v) is 16.2. The first kappa shape index (κ1) is 30.7. The van der Waals surface area contributed by atoms with Crippen molar-refractivity contribution in [3.63, 3.8) is 0 Å². The summed E-state index contributed by atoms with van der Waals surface area (Å²) in [7, 11) is -3.03. The Morgan fingerprint density at radius 1 is 0.927 bits per heavy atom. The van der Waals surface area contributed by atoms with Crippen molar-refractivity contribution in [1.82, 2.24) is 0 Å². The standard InChI is InChI=1S/C34H40N2O3P.CH3/c1-3-38-40(37,39-4-2)25-11-23-35-24-21-30(32-15-8-9-16-34(32)35)19-17-28-18-20-33-31(26-28)14-10-22-36(33)27-29-12-6-5-7-13-29;/h5-9,12-13,15-21,24,26H,3-4,10-11,14,22-23,25,27H2,1-2H3;1H3/q+1;-1. The SMILES string of the molecule is CCOP(=O)(CCC[n+]1ccc(C=Cc2ccc3c(c2)CCCN3Cc2ccccc2)c2ccccc21)OCC.[CH3-]. The Balaban J connectivity index is 0.00000387. The van der Waals surface area contributed by atoms with Gasteiger partial charge in [0.2, 0.25) is 5.52 Å². The lowest BCUT2D eigenvalue weighted by Crippen LogP contribution is -2.34. The molecule has 1 aliphatic rings. The van der Waals surface area contributed by atoms with Gasteiger partial charge in [0, 0.05) is 37.3 Å². The van der Waals surface area contributed by atoms with Crippen LogP contribution in [0.2, 0.25) is 0 Å². The van der Waals surface area contributed by atoms with E-state index < -0.39 is 7.60 Å². The number of hydrogen-bond donors (Lipinski definition) is 0. The Kier molecular flexibility index (Phi) is 10.9. The molecule has 216 valence electrons. The number of aryl methyl sites for hydroxylation is 2. The minimum atomic E-state index is -3.03. The summed E-state index contributed by atoms with van der Waals surface area (Å²) in [6.07, 6.45) is 10.0. The van der Waals surface area contributed by atoms with Crippen LogP contribution in [-0.4, -0.2) is 25.9 Å². The molecular weight excluding hydrogens is 527 g/mol. The molecule has 2 heterocycles. The van der Waals surface area contributed by atoms with E-state index in [9.17, 15) is 4.57 Å². The van der Waals surface area contributed by atoms with E-state index in [1.807, 2.05) is 13.8 Å². The Bertz CT molecular complexity index is 1490. The Morgan fingerprint density at radius 3 is 2.46 bits per heavy atom. The number of benzene rings is 3. The highest BCUT2D eigenvalue weighted by Gasteiger charge is 2.24. The molecule has 0 radical (unpaired) electrons. The van der Waals surface area contributed by atoms with Crippen molar-refractivity contribution < 1.29 is 18.2 Å². The zero-order valence-corrected chi connectivity index (χ0v) is 25.6. The molecular formula is C35H43N2O3P. The number of rotatable bonds is 12. The van der Waals surface area contributed by atoms with Crippen LogP contribution in [0, 0.1) is 7.43 Å². The maximum atomic E-state index is 12.9. The fraction of sp³-hybridized carbons (Fsp3) is 0.314. The van der Waals surface area contributed by atoms with Crippen molar-refractivity contribution in [2.45, 2.75) is 46.2 Å². The van der Waals surface area contributed by atoms with Gasteiger partial charge in [-0.3, -0.25) is 4.57 Å². The first-order chi connectivity index (χ1) is 19.6. The maximum Gasteiger partial charge on any atom is 0.330 e. The molecule has 0 unspecified atom stereocenters. The van der Waals surface area contributed by atoms with Crippen LogP contribution in [0.3, 0.4) is 0 Å². The first-order valence-electron chi connectivity index (χ1n) is 14.5. The predicted molar refractivity (Wildman–Crippen MR) is 172 cm³/mol. The largest absolute Gasteiger partial charge is 0.367 e. The summed E-state index contributed by atoms with van der Waals surface area (Å²) < 4.78 is 26.0. The second-order valence-electron chi connectivity index (χ2n) is 10.2. The zero-order chi connectivity index (χ0) is 27.8. The second kappa shape index (κ2) is 14.6. The third kappa shape index (κ3) is 7.74. The molecule has 3 aromatic carbocycles. The molecule has 0 atom stereocenters. The molecule has 4 aromatic rings. The maximum absolute atomic E-state index is 12.9. The molecule has 1 aliphatic heterocycles. The average Bonchev–Trinajstić information content (AvgIpc) is 2.97. The number of hydrogen-bond acceptors (Lipinski definition) is 4. The van der Waals surface area contributed by atoms with Crippen LogP contribution in [0.4, 0.5) is 5.69 Å². The molecule has 1 aromatic heterocycles. The van der Waals surface area contributed by atoms with Gasteiger partial charge >= 0.3 is 7.60 Å². The lowest BCUT2D eigenvalue weighted by Gasteiger charge is -2.31.